The molecule has 0 amide bonds. The monoisotopic (exact) mass is 232 g/mol. The van der Waals surface area contributed by atoms with Crippen LogP contribution in [0.4, 0.5) is 0 Å². The lowest BCUT2D eigenvalue weighted by Crippen LogP contribution is -2.40. The van der Waals surface area contributed by atoms with Crippen LogP contribution in [0.25, 0.3) is 0 Å². The Morgan fingerprint density at radius 1 is 1.29 bits per heavy atom. The number of nitrogens with zero attached hydrogens (tertiary/aromatic N) is 1. The molecule has 1 heterocycles. The Morgan fingerprint density at radius 2 is 2.06 bits per heavy atom. The highest BCUT2D eigenvalue weighted by Gasteiger charge is 2.04. The molecule has 0 atom stereocenters. The molecule has 1 aliphatic rings. The minimum atomic E-state index is 0.925. The molecular weight excluding hydrogens is 212 g/mol. The minimum absolute atomic E-state index is 0.925. The van der Waals surface area contributed by atoms with E-state index in [1.54, 1.807) is 7.11 Å². The Bertz CT molecular complexity index is 370. The van der Waals surface area contributed by atoms with Gasteiger partial charge in [-0.1, -0.05) is 24.3 Å². The Hall–Kier alpha value is -1.48. The standard InChI is InChI=1S/C14H20N2O/c1-17-14-7-3-2-5-13(14)6-4-10-16-11-8-15-9-12-16/h2-5,7,10,15H,6,8-9,11-12H2,1H3/b10-4+. The van der Waals surface area contributed by atoms with Gasteiger partial charge in [-0.3, -0.25) is 0 Å². The van der Waals surface area contributed by atoms with Gasteiger partial charge in [0.25, 0.3) is 0 Å². The van der Waals surface area contributed by atoms with Crippen LogP contribution < -0.4 is 10.1 Å². The molecule has 1 aromatic rings. The van der Waals surface area contributed by atoms with Crippen molar-refractivity contribution in [2.75, 3.05) is 33.3 Å². The average Bonchev–Trinajstić information content (AvgIpc) is 2.40. The van der Waals surface area contributed by atoms with Crippen molar-refractivity contribution in [1.82, 2.24) is 10.2 Å². The van der Waals surface area contributed by atoms with Gasteiger partial charge in [0.1, 0.15) is 5.75 Å². The first-order valence-electron chi connectivity index (χ1n) is 6.13. The predicted molar refractivity (Wildman–Crippen MR) is 70.3 cm³/mol. The number of para-hydroxylation sites is 1. The van der Waals surface area contributed by atoms with E-state index in [4.69, 9.17) is 4.74 Å². The third kappa shape index (κ3) is 3.49. The lowest BCUT2D eigenvalue weighted by molar-refractivity contribution is 0.323. The highest BCUT2D eigenvalue weighted by Crippen LogP contribution is 2.17. The zero-order valence-electron chi connectivity index (χ0n) is 10.4. The van der Waals surface area contributed by atoms with E-state index >= 15 is 0 Å². The molecule has 1 saturated heterocycles. The Morgan fingerprint density at radius 3 is 2.82 bits per heavy atom. The van der Waals surface area contributed by atoms with E-state index in [-0.39, 0.29) is 0 Å². The van der Waals surface area contributed by atoms with Crippen molar-refractivity contribution >= 4 is 0 Å². The molecule has 1 aliphatic heterocycles. The summed E-state index contributed by atoms with van der Waals surface area (Å²) in [6.45, 7) is 4.36. The van der Waals surface area contributed by atoms with E-state index in [2.05, 4.69) is 34.6 Å². The number of allylic oxidation sites excluding steroid dienone is 1. The van der Waals surface area contributed by atoms with Gasteiger partial charge in [-0.2, -0.15) is 0 Å². The Balaban J connectivity index is 1.90. The van der Waals surface area contributed by atoms with Crippen LogP contribution in [-0.4, -0.2) is 38.2 Å². The first-order chi connectivity index (χ1) is 8.40. The molecule has 92 valence electrons. The van der Waals surface area contributed by atoms with E-state index in [1.165, 1.54) is 5.56 Å². The van der Waals surface area contributed by atoms with Crippen molar-refractivity contribution in [3.8, 4) is 5.75 Å². The minimum Gasteiger partial charge on any atom is -0.496 e. The van der Waals surface area contributed by atoms with E-state index in [9.17, 15) is 0 Å². The summed E-state index contributed by atoms with van der Waals surface area (Å²) < 4.78 is 5.33. The van der Waals surface area contributed by atoms with Gasteiger partial charge in [-0.15, -0.1) is 0 Å². The van der Waals surface area contributed by atoms with E-state index < -0.39 is 0 Å². The quantitative estimate of drug-likeness (QED) is 0.854. The lowest BCUT2D eigenvalue weighted by Gasteiger charge is -2.25. The summed E-state index contributed by atoms with van der Waals surface area (Å²) in [6.07, 6.45) is 5.34. The summed E-state index contributed by atoms with van der Waals surface area (Å²) in [7, 11) is 1.72. The summed E-state index contributed by atoms with van der Waals surface area (Å²) in [6, 6.07) is 8.17. The first kappa shape index (κ1) is 12.0. The fourth-order valence-corrected chi connectivity index (χ4v) is 2.03. The van der Waals surface area contributed by atoms with E-state index in [0.717, 1.165) is 38.3 Å². The summed E-state index contributed by atoms with van der Waals surface area (Å²) in [5.74, 6) is 0.970. The molecule has 3 heteroatoms. The topological polar surface area (TPSA) is 24.5 Å². The second-order valence-corrected chi connectivity index (χ2v) is 4.19. The lowest BCUT2D eigenvalue weighted by atomic mass is 10.1. The van der Waals surface area contributed by atoms with Gasteiger partial charge >= 0.3 is 0 Å². The van der Waals surface area contributed by atoms with Crippen LogP contribution in [0.2, 0.25) is 0 Å². The maximum Gasteiger partial charge on any atom is 0.122 e. The van der Waals surface area contributed by atoms with Crippen molar-refractivity contribution in [2.45, 2.75) is 6.42 Å². The molecule has 1 N–H and O–H groups in total. The van der Waals surface area contributed by atoms with Crippen molar-refractivity contribution in [1.29, 1.82) is 0 Å². The molecule has 2 rings (SSSR count). The van der Waals surface area contributed by atoms with E-state index in [1.807, 2.05) is 12.1 Å². The predicted octanol–water partition coefficient (Wildman–Crippen LogP) is 1.66. The summed E-state index contributed by atoms with van der Waals surface area (Å²) in [4.78, 5) is 2.35. The van der Waals surface area contributed by atoms with Gasteiger partial charge in [-0.05, 0) is 24.3 Å². The van der Waals surface area contributed by atoms with Crippen molar-refractivity contribution < 1.29 is 4.74 Å². The third-order valence-corrected chi connectivity index (χ3v) is 3.00. The van der Waals surface area contributed by atoms with Crippen LogP contribution in [0.15, 0.2) is 36.5 Å². The van der Waals surface area contributed by atoms with Gasteiger partial charge in [0.05, 0.1) is 7.11 Å². The second-order valence-electron chi connectivity index (χ2n) is 4.19. The zero-order valence-corrected chi connectivity index (χ0v) is 10.4. The summed E-state index contributed by atoms with van der Waals surface area (Å²) >= 11 is 0. The fraction of sp³-hybridized carbons (Fsp3) is 0.429. The largest absolute Gasteiger partial charge is 0.496 e. The Kier molecular flexibility index (Phi) is 4.45. The number of hydrogen-bond acceptors (Lipinski definition) is 3. The number of ether oxygens (including phenoxy) is 1. The first-order valence-corrected chi connectivity index (χ1v) is 6.13. The van der Waals surface area contributed by atoms with Crippen LogP contribution in [0, 0.1) is 0 Å². The molecule has 3 nitrogen and oxygen atoms in total. The van der Waals surface area contributed by atoms with Crippen LogP contribution >= 0.6 is 0 Å². The fourth-order valence-electron chi connectivity index (χ4n) is 2.03. The molecule has 0 saturated carbocycles. The van der Waals surface area contributed by atoms with Gasteiger partial charge in [-0.25, -0.2) is 0 Å². The number of methoxy groups -OCH3 is 1. The van der Waals surface area contributed by atoms with E-state index in [0.29, 0.717) is 0 Å². The number of hydrogen-bond donors (Lipinski definition) is 1. The maximum absolute atomic E-state index is 5.33. The third-order valence-electron chi connectivity index (χ3n) is 3.00. The van der Waals surface area contributed by atoms with Crippen molar-refractivity contribution in [3.05, 3.63) is 42.1 Å². The van der Waals surface area contributed by atoms with Gasteiger partial charge in [0.15, 0.2) is 0 Å². The number of nitrogens with one attached hydrogen (secondary N) is 1. The highest BCUT2D eigenvalue weighted by atomic mass is 16.5. The van der Waals surface area contributed by atoms with Gasteiger partial charge < -0.3 is 15.0 Å². The number of piperazine rings is 1. The molecule has 17 heavy (non-hydrogen) atoms. The molecule has 1 aromatic carbocycles. The Labute approximate surface area is 103 Å². The SMILES string of the molecule is COc1ccccc1C/C=C/N1CCNCC1. The maximum atomic E-state index is 5.33. The smallest absolute Gasteiger partial charge is 0.122 e. The highest BCUT2D eigenvalue weighted by molar-refractivity contribution is 5.34. The number of benzene rings is 1. The molecule has 0 spiro atoms. The molecule has 0 aliphatic carbocycles. The summed E-state index contributed by atoms with van der Waals surface area (Å²) in [5.41, 5.74) is 1.24. The molecule has 0 aromatic heterocycles. The van der Waals surface area contributed by atoms with Crippen molar-refractivity contribution in [3.63, 3.8) is 0 Å². The van der Waals surface area contributed by atoms with Gasteiger partial charge in [0.2, 0.25) is 0 Å². The summed E-state index contributed by atoms with van der Waals surface area (Å²) in [5, 5.41) is 3.35. The zero-order chi connectivity index (χ0) is 11.9. The van der Waals surface area contributed by atoms with Crippen LogP contribution in [0.3, 0.4) is 0 Å². The molecule has 1 fully saturated rings. The van der Waals surface area contributed by atoms with Gasteiger partial charge in [0, 0.05) is 26.2 Å². The molecule has 0 bridgehead atoms. The van der Waals surface area contributed by atoms with Crippen LogP contribution in [0.5, 0.6) is 5.75 Å². The molecule has 0 radical (unpaired) electrons. The normalized spacial score (nSPS) is 16.4. The van der Waals surface area contributed by atoms with Crippen molar-refractivity contribution in [2.24, 2.45) is 0 Å². The molecular formula is C14H20N2O. The van der Waals surface area contributed by atoms with Crippen LogP contribution in [0.1, 0.15) is 5.56 Å². The molecule has 0 unspecified atom stereocenters. The van der Waals surface area contributed by atoms with Crippen LogP contribution in [-0.2, 0) is 6.42 Å². The average molecular weight is 232 g/mol. The number of rotatable bonds is 4. The second kappa shape index (κ2) is 6.30.